The molecule has 0 aliphatic carbocycles. The number of carbonyl (C=O) groups is 1. The molecule has 25 heavy (non-hydrogen) atoms. The topological polar surface area (TPSA) is 93.1 Å². The van der Waals surface area contributed by atoms with Gasteiger partial charge in [0, 0.05) is 43.5 Å². The lowest BCUT2D eigenvalue weighted by Crippen LogP contribution is -2.36. The average molecular weight is 345 g/mol. The Morgan fingerprint density at radius 2 is 2.36 bits per heavy atom. The van der Waals surface area contributed by atoms with Crippen molar-refractivity contribution in [3.05, 3.63) is 46.4 Å². The Bertz CT molecular complexity index is 769. The molecule has 2 aromatic rings. The lowest BCUT2D eigenvalue weighted by atomic mass is 10.0. The Hall–Kier alpha value is -2.48. The highest BCUT2D eigenvalue weighted by atomic mass is 16.5. The maximum Gasteiger partial charge on any atom is 0.274 e. The van der Waals surface area contributed by atoms with Crippen LogP contribution in [0.25, 0.3) is 0 Å². The lowest BCUT2D eigenvalue weighted by Gasteiger charge is -2.22. The SMILES string of the molecule is CCCn1ccc(C(=O)N2CCOCC(Cc3cc(=O)[nH]cn3)C2)n1. The van der Waals surface area contributed by atoms with E-state index in [4.69, 9.17) is 4.74 Å². The minimum absolute atomic E-state index is 0.0794. The molecule has 1 aliphatic rings. The normalized spacial score (nSPS) is 18.1. The van der Waals surface area contributed by atoms with Crippen molar-refractivity contribution >= 4 is 5.91 Å². The summed E-state index contributed by atoms with van der Waals surface area (Å²) in [4.78, 5) is 32.6. The van der Waals surface area contributed by atoms with E-state index in [1.54, 1.807) is 15.6 Å². The number of aromatic nitrogens is 4. The fourth-order valence-corrected chi connectivity index (χ4v) is 3.00. The van der Waals surface area contributed by atoms with Crippen molar-refractivity contribution in [1.82, 2.24) is 24.6 Å². The van der Waals surface area contributed by atoms with Crippen LogP contribution >= 0.6 is 0 Å². The Kier molecular flexibility index (Phi) is 5.60. The summed E-state index contributed by atoms with van der Waals surface area (Å²) in [5, 5.41) is 4.35. The zero-order chi connectivity index (χ0) is 17.6. The van der Waals surface area contributed by atoms with E-state index in [1.165, 1.54) is 12.4 Å². The highest BCUT2D eigenvalue weighted by Gasteiger charge is 2.25. The summed E-state index contributed by atoms with van der Waals surface area (Å²) in [5.41, 5.74) is 0.996. The van der Waals surface area contributed by atoms with Gasteiger partial charge in [0.2, 0.25) is 0 Å². The van der Waals surface area contributed by atoms with Crippen molar-refractivity contribution in [2.75, 3.05) is 26.3 Å². The molecule has 8 nitrogen and oxygen atoms in total. The number of aryl methyl sites for hydroxylation is 1. The van der Waals surface area contributed by atoms with Crippen LogP contribution < -0.4 is 5.56 Å². The molecule has 8 heteroatoms. The van der Waals surface area contributed by atoms with Gasteiger partial charge in [-0.3, -0.25) is 14.3 Å². The van der Waals surface area contributed by atoms with Crippen LogP contribution in [0.2, 0.25) is 0 Å². The number of carbonyl (C=O) groups excluding carboxylic acids is 1. The minimum atomic E-state index is -0.172. The third-order valence-corrected chi connectivity index (χ3v) is 4.17. The molecule has 134 valence electrons. The van der Waals surface area contributed by atoms with Gasteiger partial charge in [-0.1, -0.05) is 6.92 Å². The Balaban J connectivity index is 1.68. The highest BCUT2D eigenvalue weighted by Crippen LogP contribution is 2.14. The fraction of sp³-hybridized carbons (Fsp3) is 0.529. The fourth-order valence-electron chi connectivity index (χ4n) is 3.00. The van der Waals surface area contributed by atoms with Crippen LogP contribution in [-0.2, 0) is 17.7 Å². The molecular formula is C17H23N5O3. The van der Waals surface area contributed by atoms with E-state index >= 15 is 0 Å². The molecule has 0 bridgehead atoms. The summed E-state index contributed by atoms with van der Waals surface area (Å²) in [6, 6.07) is 3.25. The van der Waals surface area contributed by atoms with Gasteiger partial charge in [-0.2, -0.15) is 5.10 Å². The third-order valence-electron chi connectivity index (χ3n) is 4.17. The number of nitrogens with one attached hydrogen (secondary N) is 1. The zero-order valence-corrected chi connectivity index (χ0v) is 14.4. The molecule has 3 heterocycles. The van der Waals surface area contributed by atoms with E-state index in [1.807, 2.05) is 6.20 Å². The molecule has 2 aromatic heterocycles. The van der Waals surface area contributed by atoms with E-state index in [0.29, 0.717) is 44.1 Å². The molecule has 0 radical (unpaired) electrons. The van der Waals surface area contributed by atoms with Crippen molar-refractivity contribution in [3.63, 3.8) is 0 Å². The monoisotopic (exact) mass is 345 g/mol. The van der Waals surface area contributed by atoms with Gasteiger partial charge in [-0.05, 0) is 18.9 Å². The van der Waals surface area contributed by atoms with Gasteiger partial charge in [0.1, 0.15) is 5.69 Å². The molecule has 1 amide bonds. The Labute approximate surface area is 145 Å². The predicted molar refractivity (Wildman–Crippen MR) is 91.3 cm³/mol. The molecule has 1 unspecified atom stereocenters. The van der Waals surface area contributed by atoms with Gasteiger partial charge in [-0.25, -0.2) is 4.98 Å². The van der Waals surface area contributed by atoms with Gasteiger partial charge in [0.15, 0.2) is 0 Å². The Morgan fingerprint density at radius 1 is 1.48 bits per heavy atom. The molecule has 1 N–H and O–H groups in total. The van der Waals surface area contributed by atoms with Crippen LogP contribution in [0.3, 0.4) is 0 Å². The van der Waals surface area contributed by atoms with Gasteiger partial charge in [-0.15, -0.1) is 0 Å². The second-order valence-corrected chi connectivity index (χ2v) is 6.26. The number of nitrogens with zero attached hydrogens (tertiary/aromatic N) is 4. The summed E-state index contributed by atoms with van der Waals surface area (Å²) in [6.45, 7) is 5.02. The van der Waals surface area contributed by atoms with E-state index in [9.17, 15) is 9.59 Å². The molecule has 1 fully saturated rings. The smallest absolute Gasteiger partial charge is 0.274 e. The van der Waals surface area contributed by atoms with Crippen molar-refractivity contribution in [2.45, 2.75) is 26.3 Å². The van der Waals surface area contributed by atoms with Crippen molar-refractivity contribution in [3.8, 4) is 0 Å². The van der Waals surface area contributed by atoms with Crippen molar-refractivity contribution < 1.29 is 9.53 Å². The highest BCUT2D eigenvalue weighted by molar-refractivity contribution is 5.92. The van der Waals surface area contributed by atoms with E-state index < -0.39 is 0 Å². The number of ether oxygens (including phenoxy) is 1. The largest absolute Gasteiger partial charge is 0.379 e. The molecule has 0 aromatic carbocycles. The first-order valence-electron chi connectivity index (χ1n) is 8.59. The second kappa shape index (κ2) is 8.06. The summed E-state index contributed by atoms with van der Waals surface area (Å²) in [6.07, 6.45) is 4.80. The van der Waals surface area contributed by atoms with Gasteiger partial charge >= 0.3 is 0 Å². The first kappa shape index (κ1) is 17.3. The van der Waals surface area contributed by atoms with E-state index in [2.05, 4.69) is 22.0 Å². The first-order chi connectivity index (χ1) is 12.2. The van der Waals surface area contributed by atoms with Crippen LogP contribution in [0.4, 0.5) is 0 Å². The molecule has 1 atom stereocenters. The lowest BCUT2D eigenvalue weighted by molar-refractivity contribution is 0.0730. The standard InChI is InChI=1S/C17H23N5O3/c1-2-4-22-5-3-15(20-22)17(24)21-6-7-25-11-13(10-21)8-14-9-16(23)19-12-18-14/h3,5,9,12-13H,2,4,6-8,10-11H2,1H3,(H,18,19,23). The number of amides is 1. The van der Waals surface area contributed by atoms with Gasteiger partial charge in [0.05, 0.1) is 19.5 Å². The number of hydrogen-bond donors (Lipinski definition) is 1. The number of hydrogen-bond acceptors (Lipinski definition) is 5. The maximum absolute atomic E-state index is 12.7. The molecular weight excluding hydrogens is 322 g/mol. The average Bonchev–Trinajstić information content (AvgIpc) is 2.93. The number of rotatable bonds is 5. The third kappa shape index (κ3) is 4.54. The zero-order valence-electron chi connectivity index (χ0n) is 14.4. The van der Waals surface area contributed by atoms with Crippen molar-refractivity contribution in [1.29, 1.82) is 0 Å². The summed E-state index contributed by atoms with van der Waals surface area (Å²) < 4.78 is 7.43. The summed E-state index contributed by atoms with van der Waals surface area (Å²) in [5.74, 6) is 0.0164. The molecule has 1 saturated heterocycles. The van der Waals surface area contributed by atoms with Crippen LogP contribution in [0, 0.1) is 5.92 Å². The molecule has 1 aliphatic heterocycles. The molecule has 0 spiro atoms. The van der Waals surface area contributed by atoms with Gasteiger partial charge < -0.3 is 14.6 Å². The van der Waals surface area contributed by atoms with Crippen LogP contribution in [0.15, 0.2) is 29.5 Å². The van der Waals surface area contributed by atoms with Crippen LogP contribution in [0.1, 0.15) is 29.5 Å². The predicted octanol–water partition coefficient (Wildman–Crippen LogP) is 0.708. The number of H-pyrrole nitrogens is 1. The minimum Gasteiger partial charge on any atom is -0.379 e. The van der Waals surface area contributed by atoms with E-state index in [0.717, 1.165) is 13.0 Å². The van der Waals surface area contributed by atoms with Crippen LogP contribution in [0.5, 0.6) is 0 Å². The second-order valence-electron chi connectivity index (χ2n) is 6.26. The van der Waals surface area contributed by atoms with Gasteiger partial charge in [0.25, 0.3) is 11.5 Å². The van der Waals surface area contributed by atoms with E-state index in [-0.39, 0.29) is 17.4 Å². The molecule has 3 rings (SSSR count). The quantitative estimate of drug-likeness (QED) is 0.861. The first-order valence-corrected chi connectivity index (χ1v) is 8.59. The molecule has 0 saturated carbocycles. The summed E-state index contributed by atoms with van der Waals surface area (Å²) in [7, 11) is 0. The van der Waals surface area contributed by atoms with Crippen LogP contribution in [-0.4, -0.2) is 56.9 Å². The van der Waals surface area contributed by atoms with Crippen molar-refractivity contribution in [2.24, 2.45) is 5.92 Å². The number of aromatic amines is 1. The maximum atomic E-state index is 12.7. The Morgan fingerprint density at radius 3 is 3.16 bits per heavy atom. The summed E-state index contributed by atoms with van der Waals surface area (Å²) >= 11 is 0.